The van der Waals surface area contributed by atoms with Gasteiger partial charge in [0.25, 0.3) is 0 Å². The fraction of sp³-hybridized carbons (Fsp3) is 0.333. The van der Waals surface area contributed by atoms with Crippen LogP contribution in [0.3, 0.4) is 0 Å². The molecule has 8 heteroatoms. The largest absolute Gasteiger partial charge is 0.511 e. The summed E-state index contributed by atoms with van der Waals surface area (Å²) in [6, 6.07) is 5.96. The zero-order valence-electron chi connectivity index (χ0n) is 17.9. The van der Waals surface area contributed by atoms with Gasteiger partial charge in [-0.2, -0.15) is 0 Å². The predicted molar refractivity (Wildman–Crippen MR) is 118 cm³/mol. The monoisotopic (exact) mass is 444 g/mol. The maximum absolute atomic E-state index is 14.0. The van der Waals surface area contributed by atoms with Crippen LogP contribution in [0.4, 0.5) is 14.5 Å². The fourth-order valence-electron chi connectivity index (χ4n) is 3.65. The molecular formula is C24H26F2N2O4. The number of hydrogen-bond acceptors (Lipinski definition) is 5. The number of hydrogen-bond donors (Lipinski definition) is 4. The van der Waals surface area contributed by atoms with Crippen LogP contribution in [-0.4, -0.2) is 35.2 Å². The molecule has 1 unspecified atom stereocenters. The second-order valence-corrected chi connectivity index (χ2v) is 7.98. The van der Waals surface area contributed by atoms with Crippen LogP contribution in [0.2, 0.25) is 0 Å². The van der Waals surface area contributed by atoms with Gasteiger partial charge in [0.1, 0.15) is 12.0 Å². The molecule has 3 rings (SSSR count). The quantitative estimate of drug-likeness (QED) is 0.330. The summed E-state index contributed by atoms with van der Waals surface area (Å²) in [5.74, 6) is -4.03. The van der Waals surface area contributed by atoms with E-state index in [1.807, 2.05) is 0 Å². The third-order valence-electron chi connectivity index (χ3n) is 5.35. The maximum atomic E-state index is 14.0. The van der Waals surface area contributed by atoms with Gasteiger partial charge in [0.15, 0.2) is 11.6 Å². The Hall–Kier alpha value is -3.26. The van der Waals surface area contributed by atoms with Gasteiger partial charge in [-0.25, -0.2) is 13.6 Å². The normalized spacial score (nSPS) is 17.1. The minimum atomic E-state index is -1.26. The van der Waals surface area contributed by atoms with Crippen LogP contribution in [0.25, 0.3) is 5.57 Å². The number of benzene rings is 2. The zero-order chi connectivity index (χ0) is 23.4. The van der Waals surface area contributed by atoms with E-state index in [0.29, 0.717) is 17.9 Å². The molecule has 4 N–H and O–H groups in total. The van der Waals surface area contributed by atoms with Crippen molar-refractivity contribution in [2.75, 3.05) is 11.9 Å². The molecule has 2 aromatic rings. The molecule has 1 aliphatic rings. The first-order valence-electron chi connectivity index (χ1n) is 10.4. The van der Waals surface area contributed by atoms with Crippen molar-refractivity contribution in [1.82, 2.24) is 0 Å². The first-order valence-corrected chi connectivity index (χ1v) is 10.4. The molecule has 0 aromatic heterocycles. The summed E-state index contributed by atoms with van der Waals surface area (Å²) in [5.41, 5.74) is 0.923. The summed E-state index contributed by atoms with van der Waals surface area (Å²) in [5, 5.41) is 31.7. The SMILES string of the molecule is CC(C)/C(O)=C(\c1ccc(F)c(F)c1)c1cc(C=N)c(NC2CCCCO2)cc1C(=O)O. The Morgan fingerprint density at radius 1 is 1.16 bits per heavy atom. The highest BCUT2D eigenvalue weighted by Crippen LogP contribution is 2.35. The van der Waals surface area contributed by atoms with Crippen LogP contribution in [0.1, 0.15) is 60.2 Å². The topological polar surface area (TPSA) is 103 Å². The lowest BCUT2D eigenvalue weighted by molar-refractivity contribution is 0.0343. The van der Waals surface area contributed by atoms with Crippen LogP contribution in [-0.2, 0) is 4.74 Å². The van der Waals surface area contributed by atoms with E-state index in [4.69, 9.17) is 10.1 Å². The van der Waals surface area contributed by atoms with Gasteiger partial charge in [0.2, 0.25) is 0 Å². The minimum Gasteiger partial charge on any atom is -0.511 e. The maximum Gasteiger partial charge on any atom is 0.336 e. The highest BCUT2D eigenvalue weighted by molar-refractivity contribution is 6.01. The Morgan fingerprint density at radius 3 is 2.47 bits per heavy atom. The summed E-state index contributed by atoms with van der Waals surface area (Å²) >= 11 is 0. The van der Waals surface area contributed by atoms with E-state index in [9.17, 15) is 23.8 Å². The van der Waals surface area contributed by atoms with Crippen LogP contribution < -0.4 is 5.32 Å². The third kappa shape index (κ3) is 4.96. The van der Waals surface area contributed by atoms with E-state index in [1.165, 1.54) is 18.2 Å². The Balaban J connectivity index is 2.21. The van der Waals surface area contributed by atoms with Gasteiger partial charge in [-0.3, -0.25) is 0 Å². The molecule has 0 aliphatic carbocycles. The number of nitrogens with one attached hydrogen (secondary N) is 2. The Morgan fingerprint density at radius 2 is 1.91 bits per heavy atom. The first kappa shape index (κ1) is 23.4. The number of allylic oxidation sites excluding steroid dienone is 1. The molecular weight excluding hydrogens is 418 g/mol. The van der Waals surface area contributed by atoms with Gasteiger partial charge in [-0.15, -0.1) is 0 Å². The second-order valence-electron chi connectivity index (χ2n) is 7.98. The molecule has 32 heavy (non-hydrogen) atoms. The molecule has 1 heterocycles. The van der Waals surface area contributed by atoms with E-state index in [0.717, 1.165) is 37.6 Å². The molecule has 1 aliphatic heterocycles. The predicted octanol–water partition coefficient (Wildman–Crippen LogP) is 5.57. The molecule has 1 fully saturated rings. The van der Waals surface area contributed by atoms with E-state index in [1.54, 1.807) is 13.8 Å². The van der Waals surface area contributed by atoms with Crippen molar-refractivity contribution in [2.24, 2.45) is 5.92 Å². The number of aliphatic hydroxyl groups is 1. The molecule has 6 nitrogen and oxygen atoms in total. The van der Waals surface area contributed by atoms with Crippen molar-refractivity contribution in [3.05, 3.63) is 70.0 Å². The minimum absolute atomic E-state index is 0.0693. The molecule has 170 valence electrons. The molecule has 2 aromatic carbocycles. The summed E-state index contributed by atoms with van der Waals surface area (Å²) in [6.07, 6.45) is 3.42. The van der Waals surface area contributed by atoms with Crippen molar-refractivity contribution in [3.63, 3.8) is 0 Å². The zero-order valence-corrected chi connectivity index (χ0v) is 17.9. The number of carbonyl (C=O) groups is 1. The number of halogens is 2. The summed E-state index contributed by atoms with van der Waals surface area (Å²) in [7, 11) is 0. The molecule has 0 saturated carbocycles. The van der Waals surface area contributed by atoms with Crippen molar-refractivity contribution in [3.8, 4) is 0 Å². The fourth-order valence-corrected chi connectivity index (χ4v) is 3.65. The number of carboxylic acid groups (broad SMARTS) is 1. The summed E-state index contributed by atoms with van der Waals surface area (Å²) < 4.78 is 33.2. The van der Waals surface area contributed by atoms with Crippen molar-refractivity contribution < 1.29 is 28.5 Å². The Kier molecular flexibility index (Phi) is 7.25. The highest BCUT2D eigenvalue weighted by atomic mass is 19.2. The van der Waals surface area contributed by atoms with Crippen LogP contribution in [0.15, 0.2) is 36.1 Å². The number of anilines is 1. The van der Waals surface area contributed by atoms with Gasteiger partial charge in [-0.05, 0) is 49.1 Å². The van der Waals surface area contributed by atoms with E-state index in [2.05, 4.69) is 5.32 Å². The Bertz CT molecular complexity index is 1060. The number of aromatic carboxylic acids is 1. The first-order chi connectivity index (χ1) is 15.2. The van der Waals surface area contributed by atoms with Crippen molar-refractivity contribution >= 4 is 23.4 Å². The van der Waals surface area contributed by atoms with E-state index in [-0.39, 0.29) is 34.3 Å². The lowest BCUT2D eigenvalue weighted by Crippen LogP contribution is -2.28. The average molecular weight is 444 g/mol. The van der Waals surface area contributed by atoms with Gasteiger partial charge < -0.3 is 25.7 Å². The summed E-state index contributed by atoms with van der Waals surface area (Å²) in [4.78, 5) is 12.2. The van der Waals surface area contributed by atoms with Crippen LogP contribution in [0, 0.1) is 23.0 Å². The van der Waals surface area contributed by atoms with Crippen LogP contribution >= 0.6 is 0 Å². The van der Waals surface area contributed by atoms with Gasteiger partial charge >= 0.3 is 5.97 Å². The number of carboxylic acids is 1. The second kappa shape index (κ2) is 9.91. The number of aliphatic hydroxyl groups excluding tert-OH is 1. The molecule has 0 radical (unpaired) electrons. The molecule has 0 amide bonds. The third-order valence-corrected chi connectivity index (χ3v) is 5.35. The Labute approximate surface area is 185 Å². The lowest BCUT2D eigenvalue weighted by atomic mass is 9.88. The molecule has 0 spiro atoms. The smallest absolute Gasteiger partial charge is 0.336 e. The average Bonchev–Trinajstić information content (AvgIpc) is 2.77. The van der Waals surface area contributed by atoms with Gasteiger partial charge in [-0.1, -0.05) is 19.9 Å². The molecule has 1 atom stereocenters. The molecule has 0 bridgehead atoms. The van der Waals surface area contributed by atoms with Crippen LogP contribution in [0.5, 0.6) is 0 Å². The van der Waals surface area contributed by atoms with Gasteiger partial charge in [0, 0.05) is 41.1 Å². The standard InChI is InChI=1S/C24H26F2N2O4/c1-13(2)23(29)22(14-6-7-18(25)19(26)10-14)16-9-15(12-27)20(11-17(16)24(30)31)28-21-5-3-4-8-32-21/h6-7,9-13,21,27-29H,3-5,8H2,1-2H3,(H,30,31)/b23-22-,27-12?. The lowest BCUT2D eigenvalue weighted by Gasteiger charge is -2.26. The summed E-state index contributed by atoms with van der Waals surface area (Å²) in [6.45, 7) is 3.99. The van der Waals surface area contributed by atoms with E-state index >= 15 is 0 Å². The molecule has 1 saturated heterocycles. The van der Waals surface area contributed by atoms with Crippen molar-refractivity contribution in [2.45, 2.75) is 39.3 Å². The highest BCUT2D eigenvalue weighted by Gasteiger charge is 2.24. The van der Waals surface area contributed by atoms with Gasteiger partial charge in [0.05, 0.1) is 5.56 Å². The number of ether oxygens (including phenoxy) is 1. The van der Waals surface area contributed by atoms with Crippen molar-refractivity contribution in [1.29, 1.82) is 5.41 Å². The number of rotatable bonds is 7. The van der Waals surface area contributed by atoms with E-state index < -0.39 is 23.5 Å².